The first-order chi connectivity index (χ1) is 19.5. The molecular formula is C31H24BrFN4O2S. The summed E-state index contributed by atoms with van der Waals surface area (Å²) >= 11 is 9.02. The normalized spacial score (nSPS) is 16.8. The lowest BCUT2D eigenvalue weighted by Crippen LogP contribution is -2.32. The second-order valence-electron chi connectivity index (χ2n) is 9.47. The first-order valence-corrected chi connectivity index (χ1v) is 14.0. The van der Waals surface area contributed by atoms with Gasteiger partial charge in [-0.15, -0.1) is 0 Å². The standard InChI is InChI=1S/C31H24BrFN4O2S/c32-20-11-12-22(23(33)18-20)26-13-14-27(39-26)30-29(25-9-3-4-16-34-25)36-31(40)37(30)17-15-28(38)35-24-10-5-7-19-6-1-2-8-21(19)24/h1-14,16,18,29-30H,15,17H2,(H,35,38)(H,36,40)/t29-,30-/m0/s1. The number of hydrogen-bond donors (Lipinski definition) is 2. The van der Waals surface area contributed by atoms with Gasteiger partial charge in [0.15, 0.2) is 5.11 Å². The Labute approximate surface area is 244 Å². The number of nitrogens with zero attached hydrogens (tertiary/aromatic N) is 2. The van der Waals surface area contributed by atoms with Crippen molar-refractivity contribution >= 4 is 55.6 Å². The van der Waals surface area contributed by atoms with Crippen LogP contribution in [0.25, 0.3) is 22.1 Å². The second-order valence-corrected chi connectivity index (χ2v) is 10.8. The van der Waals surface area contributed by atoms with E-state index in [-0.39, 0.29) is 24.4 Å². The van der Waals surface area contributed by atoms with Gasteiger partial charge in [0.1, 0.15) is 23.4 Å². The monoisotopic (exact) mass is 614 g/mol. The molecule has 9 heteroatoms. The molecule has 1 amide bonds. The van der Waals surface area contributed by atoms with Gasteiger partial charge in [-0.05, 0) is 66.1 Å². The van der Waals surface area contributed by atoms with Crippen LogP contribution in [0.5, 0.6) is 0 Å². The fourth-order valence-electron chi connectivity index (χ4n) is 5.07. The number of hydrogen-bond acceptors (Lipinski definition) is 4. The van der Waals surface area contributed by atoms with Crippen LogP contribution in [0.3, 0.4) is 0 Å². The van der Waals surface area contributed by atoms with Crippen LogP contribution in [0.1, 0.15) is 30.0 Å². The third-order valence-electron chi connectivity index (χ3n) is 6.96. The maximum atomic E-state index is 14.7. The maximum Gasteiger partial charge on any atom is 0.226 e. The fourth-order valence-corrected chi connectivity index (χ4v) is 5.74. The Hall–Kier alpha value is -4.08. The number of amides is 1. The zero-order valence-corrected chi connectivity index (χ0v) is 23.6. The van der Waals surface area contributed by atoms with Crippen LogP contribution in [-0.4, -0.2) is 27.4 Å². The van der Waals surface area contributed by atoms with E-state index in [9.17, 15) is 9.18 Å². The lowest BCUT2D eigenvalue weighted by molar-refractivity contribution is -0.116. The molecule has 0 saturated carbocycles. The Kier molecular flexibility index (Phi) is 7.32. The van der Waals surface area contributed by atoms with Crippen molar-refractivity contribution in [2.45, 2.75) is 18.5 Å². The third kappa shape index (κ3) is 5.22. The number of furan rings is 1. The first kappa shape index (κ1) is 26.2. The predicted octanol–water partition coefficient (Wildman–Crippen LogP) is 7.40. The van der Waals surface area contributed by atoms with Gasteiger partial charge >= 0.3 is 0 Å². The number of nitrogens with one attached hydrogen (secondary N) is 2. The summed E-state index contributed by atoms with van der Waals surface area (Å²) in [5.41, 5.74) is 1.91. The molecule has 6 rings (SSSR count). The van der Waals surface area contributed by atoms with Gasteiger partial charge in [-0.1, -0.05) is 58.4 Å². The number of pyridine rings is 1. The predicted molar refractivity (Wildman–Crippen MR) is 161 cm³/mol. The third-order valence-corrected chi connectivity index (χ3v) is 7.80. The average molecular weight is 616 g/mol. The van der Waals surface area contributed by atoms with Crippen LogP contribution in [0.4, 0.5) is 10.1 Å². The molecule has 2 N–H and O–H groups in total. The zero-order valence-electron chi connectivity index (χ0n) is 21.2. The molecule has 3 aromatic carbocycles. The number of carbonyl (C=O) groups excluding carboxylic acids is 1. The number of benzene rings is 3. The highest BCUT2D eigenvalue weighted by Crippen LogP contribution is 2.41. The Morgan fingerprint density at radius 2 is 1.88 bits per heavy atom. The number of thiocarbonyl (C=S) groups is 1. The summed E-state index contributed by atoms with van der Waals surface area (Å²) in [6.07, 6.45) is 1.92. The van der Waals surface area contributed by atoms with Gasteiger partial charge in [0, 0.05) is 34.7 Å². The molecule has 0 spiro atoms. The van der Waals surface area contributed by atoms with Crippen molar-refractivity contribution in [2.24, 2.45) is 0 Å². The summed E-state index contributed by atoms with van der Waals surface area (Å²) in [7, 11) is 0. The van der Waals surface area contributed by atoms with Crippen molar-refractivity contribution in [1.29, 1.82) is 0 Å². The summed E-state index contributed by atoms with van der Waals surface area (Å²) < 4.78 is 21.6. The summed E-state index contributed by atoms with van der Waals surface area (Å²) in [5.74, 6) is 0.482. The molecule has 1 aliphatic rings. The largest absolute Gasteiger partial charge is 0.459 e. The molecular weight excluding hydrogens is 591 g/mol. The van der Waals surface area contributed by atoms with Crippen molar-refractivity contribution in [3.8, 4) is 11.3 Å². The number of anilines is 1. The Bertz CT molecular complexity index is 1710. The minimum Gasteiger partial charge on any atom is -0.459 e. The molecule has 6 nitrogen and oxygen atoms in total. The molecule has 1 saturated heterocycles. The Balaban J connectivity index is 1.26. The zero-order chi connectivity index (χ0) is 27.6. The highest BCUT2D eigenvalue weighted by atomic mass is 79.9. The second kappa shape index (κ2) is 11.2. The van der Waals surface area contributed by atoms with Gasteiger partial charge < -0.3 is 20.0 Å². The van der Waals surface area contributed by atoms with Crippen molar-refractivity contribution in [3.63, 3.8) is 0 Å². The molecule has 2 atom stereocenters. The SMILES string of the molecule is O=C(CCN1C(=S)N[C@@H](c2ccccn2)[C@@H]1c1ccc(-c2ccc(Br)cc2F)o1)Nc1cccc2ccccc12. The summed E-state index contributed by atoms with van der Waals surface area (Å²) in [5, 5.41) is 8.93. The van der Waals surface area contributed by atoms with E-state index in [1.807, 2.05) is 71.6 Å². The molecule has 1 aliphatic heterocycles. The van der Waals surface area contributed by atoms with Crippen LogP contribution in [0.2, 0.25) is 0 Å². The molecule has 2 aromatic heterocycles. The molecule has 40 heavy (non-hydrogen) atoms. The topological polar surface area (TPSA) is 70.4 Å². The number of aromatic nitrogens is 1. The number of carbonyl (C=O) groups is 1. The summed E-state index contributed by atoms with van der Waals surface area (Å²) in [6, 6.07) is 27.2. The van der Waals surface area contributed by atoms with Crippen LogP contribution in [0, 0.1) is 5.82 Å². The van der Waals surface area contributed by atoms with Crippen molar-refractivity contribution in [3.05, 3.63) is 119 Å². The molecule has 0 radical (unpaired) electrons. The fraction of sp³-hybridized carbons (Fsp3) is 0.129. The smallest absolute Gasteiger partial charge is 0.226 e. The Morgan fingerprint density at radius 3 is 2.70 bits per heavy atom. The minimum absolute atomic E-state index is 0.128. The van der Waals surface area contributed by atoms with Crippen LogP contribution in [0.15, 0.2) is 106 Å². The van der Waals surface area contributed by atoms with E-state index >= 15 is 0 Å². The van der Waals surface area contributed by atoms with Gasteiger partial charge in [-0.2, -0.15) is 0 Å². The average Bonchev–Trinajstić information content (AvgIpc) is 3.57. The van der Waals surface area contributed by atoms with Gasteiger partial charge in [0.05, 0.1) is 17.3 Å². The van der Waals surface area contributed by atoms with Crippen molar-refractivity contribution < 1.29 is 13.6 Å². The van der Waals surface area contributed by atoms with E-state index in [2.05, 4.69) is 31.5 Å². The van der Waals surface area contributed by atoms with Crippen LogP contribution in [-0.2, 0) is 4.79 Å². The molecule has 3 heterocycles. The quantitative estimate of drug-likeness (QED) is 0.186. The van der Waals surface area contributed by atoms with E-state index < -0.39 is 5.82 Å². The van der Waals surface area contributed by atoms with E-state index in [0.29, 0.717) is 33.2 Å². The lowest BCUT2D eigenvalue weighted by atomic mass is 10.0. The lowest BCUT2D eigenvalue weighted by Gasteiger charge is -2.26. The molecule has 0 unspecified atom stereocenters. The molecule has 5 aromatic rings. The summed E-state index contributed by atoms with van der Waals surface area (Å²) in [6.45, 7) is 0.346. The highest BCUT2D eigenvalue weighted by Gasteiger charge is 2.41. The van der Waals surface area contributed by atoms with Crippen LogP contribution < -0.4 is 10.6 Å². The molecule has 0 aliphatic carbocycles. The highest BCUT2D eigenvalue weighted by molar-refractivity contribution is 9.10. The Morgan fingerprint density at radius 1 is 1.05 bits per heavy atom. The van der Waals surface area contributed by atoms with E-state index in [0.717, 1.165) is 22.2 Å². The number of halogens is 2. The van der Waals surface area contributed by atoms with Crippen molar-refractivity contribution in [2.75, 3.05) is 11.9 Å². The van der Waals surface area contributed by atoms with Crippen LogP contribution >= 0.6 is 28.1 Å². The van der Waals surface area contributed by atoms with Gasteiger partial charge in [-0.3, -0.25) is 9.78 Å². The maximum absolute atomic E-state index is 14.7. The number of fused-ring (bicyclic) bond motifs is 1. The molecule has 200 valence electrons. The van der Waals surface area contributed by atoms with Gasteiger partial charge in [0.25, 0.3) is 0 Å². The summed E-state index contributed by atoms with van der Waals surface area (Å²) in [4.78, 5) is 19.6. The molecule has 1 fully saturated rings. The minimum atomic E-state index is -0.390. The van der Waals surface area contributed by atoms with Gasteiger partial charge in [0.2, 0.25) is 5.91 Å². The molecule has 0 bridgehead atoms. The van der Waals surface area contributed by atoms with Gasteiger partial charge in [-0.25, -0.2) is 4.39 Å². The van der Waals surface area contributed by atoms with E-state index in [1.165, 1.54) is 6.07 Å². The number of rotatable bonds is 7. The van der Waals surface area contributed by atoms with E-state index in [1.54, 1.807) is 24.4 Å². The van der Waals surface area contributed by atoms with E-state index in [4.69, 9.17) is 16.6 Å². The first-order valence-electron chi connectivity index (χ1n) is 12.8. The van der Waals surface area contributed by atoms with Crippen molar-refractivity contribution in [1.82, 2.24) is 15.2 Å².